The molecule has 2 aromatic carbocycles. The third-order valence-corrected chi connectivity index (χ3v) is 3.00. The maximum atomic E-state index is 11.8. The first kappa shape index (κ1) is 15.9. The number of amides is 1. The van der Waals surface area contributed by atoms with E-state index in [0.29, 0.717) is 22.0 Å². The molecule has 1 amide bonds. The van der Waals surface area contributed by atoms with Gasteiger partial charge in [-0.2, -0.15) is 0 Å². The fourth-order valence-electron chi connectivity index (χ4n) is 1.72. The molecule has 0 spiro atoms. The van der Waals surface area contributed by atoms with E-state index in [1.807, 2.05) is 0 Å². The molecule has 1 N–H and O–H groups in total. The minimum absolute atomic E-state index is 0.149. The lowest BCUT2D eigenvalue weighted by atomic mass is 10.2. The van der Waals surface area contributed by atoms with Gasteiger partial charge in [0.1, 0.15) is 5.75 Å². The SMILES string of the molecule is COC(=O)c1cccc(NC(=O)COc2ccc(Cl)cc2)c1. The smallest absolute Gasteiger partial charge is 0.337 e. The Morgan fingerprint density at radius 1 is 1.14 bits per heavy atom. The number of carbonyl (C=O) groups excluding carboxylic acids is 2. The van der Waals surface area contributed by atoms with Crippen LogP contribution < -0.4 is 10.1 Å². The molecule has 5 nitrogen and oxygen atoms in total. The number of rotatable bonds is 5. The van der Waals surface area contributed by atoms with Crippen LogP contribution in [0, 0.1) is 0 Å². The number of ether oxygens (including phenoxy) is 2. The molecule has 0 atom stereocenters. The Morgan fingerprint density at radius 3 is 2.55 bits per heavy atom. The summed E-state index contributed by atoms with van der Waals surface area (Å²) in [6.45, 7) is -0.149. The van der Waals surface area contributed by atoms with E-state index in [2.05, 4.69) is 10.1 Å². The number of nitrogens with one attached hydrogen (secondary N) is 1. The van der Waals surface area contributed by atoms with Crippen molar-refractivity contribution in [2.24, 2.45) is 0 Å². The van der Waals surface area contributed by atoms with Crippen LogP contribution in [-0.4, -0.2) is 25.6 Å². The molecule has 2 aromatic rings. The largest absolute Gasteiger partial charge is 0.484 e. The van der Waals surface area contributed by atoms with Crippen molar-refractivity contribution in [1.29, 1.82) is 0 Å². The van der Waals surface area contributed by atoms with Gasteiger partial charge in [0.25, 0.3) is 5.91 Å². The second-order valence-electron chi connectivity index (χ2n) is 4.36. The third kappa shape index (κ3) is 4.49. The van der Waals surface area contributed by atoms with E-state index < -0.39 is 5.97 Å². The number of hydrogen-bond donors (Lipinski definition) is 1. The summed E-state index contributed by atoms with van der Waals surface area (Å²) in [6.07, 6.45) is 0. The summed E-state index contributed by atoms with van der Waals surface area (Å²) in [6, 6.07) is 13.2. The maximum absolute atomic E-state index is 11.8. The molecular weight excluding hydrogens is 306 g/mol. The molecule has 0 aromatic heterocycles. The Hall–Kier alpha value is -2.53. The average molecular weight is 320 g/mol. The lowest BCUT2D eigenvalue weighted by Crippen LogP contribution is -2.20. The highest BCUT2D eigenvalue weighted by molar-refractivity contribution is 6.30. The molecule has 2 rings (SSSR count). The predicted octanol–water partition coefficient (Wildman–Crippen LogP) is 3.14. The van der Waals surface area contributed by atoms with Crippen LogP contribution in [0.25, 0.3) is 0 Å². The van der Waals surface area contributed by atoms with Crippen molar-refractivity contribution in [3.8, 4) is 5.75 Å². The molecule has 0 aliphatic rings. The first-order valence-corrected chi connectivity index (χ1v) is 6.83. The van der Waals surface area contributed by atoms with Gasteiger partial charge in [0, 0.05) is 10.7 Å². The van der Waals surface area contributed by atoms with Crippen molar-refractivity contribution < 1.29 is 19.1 Å². The first-order valence-electron chi connectivity index (χ1n) is 6.45. The number of esters is 1. The summed E-state index contributed by atoms with van der Waals surface area (Å²) in [7, 11) is 1.30. The average Bonchev–Trinajstić information content (AvgIpc) is 2.54. The van der Waals surface area contributed by atoms with E-state index in [9.17, 15) is 9.59 Å². The van der Waals surface area contributed by atoms with Crippen molar-refractivity contribution in [2.45, 2.75) is 0 Å². The number of carbonyl (C=O) groups is 2. The van der Waals surface area contributed by atoms with Crippen LogP contribution in [0.15, 0.2) is 48.5 Å². The van der Waals surface area contributed by atoms with Gasteiger partial charge >= 0.3 is 5.97 Å². The molecule has 0 aliphatic carbocycles. The van der Waals surface area contributed by atoms with Gasteiger partial charge in [-0.25, -0.2) is 4.79 Å². The van der Waals surface area contributed by atoms with Crippen molar-refractivity contribution in [3.63, 3.8) is 0 Å². The number of hydrogen-bond acceptors (Lipinski definition) is 4. The highest BCUT2D eigenvalue weighted by Gasteiger charge is 2.08. The number of halogens is 1. The third-order valence-electron chi connectivity index (χ3n) is 2.75. The fourth-order valence-corrected chi connectivity index (χ4v) is 1.84. The van der Waals surface area contributed by atoms with E-state index in [1.54, 1.807) is 42.5 Å². The topological polar surface area (TPSA) is 64.6 Å². The monoisotopic (exact) mass is 319 g/mol. The van der Waals surface area contributed by atoms with Gasteiger partial charge in [-0.3, -0.25) is 4.79 Å². The second-order valence-corrected chi connectivity index (χ2v) is 4.80. The van der Waals surface area contributed by atoms with Crippen LogP contribution in [0.1, 0.15) is 10.4 Å². The Kier molecular flexibility index (Phi) is 5.38. The molecule has 0 saturated heterocycles. The second kappa shape index (κ2) is 7.47. The summed E-state index contributed by atoms with van der Waals surface area (Å²) in [5, 5.41) is 3.24. The number of benzene rings is 2. The van der Waals surface area contributed by atoms with Gasteiger partial charge in [-0.05, 0) is 42.5 Å². The van der Waals surface area contributed by atoms with Crippen LogP contribution >= 0.6 is 11.6 Å². The first-order chi connectivity index (χ1) is 10.6. The zero-order chi connectivity index (χ0) is 15.9. The number of anilines is 1. The van der Waals surface area contributed by atoms with Crippen molar-refractivity contribution >= 4 is 29.2 Å². The molecule has 0 aliphatic heterocycles. The maximum Gasteiger partial charge on any atom is 0.337 e. The van der Waals surface area contributed by atoms with E-state index in [4.69, 9.17) is 16.3 Å². The molecule has 22 heavy (non-hydrogen) atoms. The Morgan fingerprint density at radius 2 is 1.86 bits per heavy atom. The van der Waals surface area contributed by atoms with E-state index in [1.165, 1.54) is 13.2 Å². The van der Waals surface area contributed by atoms with Crippen LogP contribution in [0.4, 0.5) is 5.69 Å². The van der Waals surface area contributed by atoms with Gasteiger partial charge in [-0.1, -0.05) is 17.7 Å². The summed E-state index contributed by atoms with van der Waals surface area (Å²) in [4.78, 5) is 23.2. The minimum atomic E-state index is -0.464. The molecule has 6 heteroatoms. The van der Waals surface area contributed by atoms with Crippen LogP contribution in [0.5, 0.6) is 5.75 Å². The zero-order valence-corrected chi connectivity index (χ0v) is 12.6. The molecule has 114 valence electrons. The Balaban J connectivity index is 1.91. The van der Waals surface area contributed by atoms with Gasteiger partial charge in [0.2, 0.25) is 0 Å². The van der Waals surface area contributed by atoms with Gasteiger partial charge in [0.15, 0.2) is 6.61 Å². The molecule has 0 fully saturated rings. The molecule has 0 bridgehead atoms. The van der Waals surface area contributed by atoms with Gasteiger partial charge in [-0.15, -0.1) is 0 Å². The molecule has 0 saturated carbocycles. The Bertz CT molecular complexity index is 670. The van der Waals surface area contributed by atoms with Crippen LogP contribution in [0.3, 0.4) is 0 Å². The van der Waals surface area contributed by atoms with Crippen LogP contribution in [0.2, 0.25) is 5.02 Å². The lowest BCUT2D eigenvalue weighted by molar-refractivity contribution is -0.118. The van der Waals surface area contributed by atoms with Crippen LogP contribution in [-0.2, 0) is 9.53 Å². The number of methoxy groups -OCH3 is 1. The minimum Gasteiger partial charge on any atom is -0.484 e. The molecule has 0 heterocycles. The summed E-state index contributed by atoms with van der Waals surface area (Å²) in [5.41, 5.74) is 0.853. The summed E-state index contributed by atoms with van der Waals surface area (Å²) < 4.78 is 9.96. The Labute approximate surface area is 132 Å². The normalized spacial score (nSPS) is 9.91. The van der Waals surface area contributed by atoms with E-state index in [0.717, 1.165) is 0 Å². The highest BCUT2D eigenvalue weighted by Crippen LogP contribution is 2.16. The summed E-state index contributed by atoms with van der Waals surface area (Å²) in [5.74, 6) is -0.256. The predicted molar refractivity (Wildman–Crippen MR) is 83.4 cm³/mol. The van der Waals surface area contributed by atoms with Gasteiger partial charge < -0.3 is 14.8 Å². The standard InChI is InChI=1S/C16H14ClNO4/c1-21-16(20)11-3-2-4-13(9-11)18-15(19)10-22-14-7-5-12(17)6-8-14/h2-9H,10H2,1H3,(H,18,19). The van der Waals surface area contributed by atoms with Crippen molar-refractivity contribution in [3.05, 3.63) is 59.1 Å². The van der Waals surface area contributed by atoms with Gasteiger partial charge in [0.05, 0.1) is 12.7 Å². The molecule has 0 unspecified atom stereocenters. The lowest BCUT2D eigenvalue weighted by Gasteiger charge is -2.08. The molecular formula is C16H14ClNO4. The zero-order valence-electron chi connectivity index (χ0n) is 11.8. The van der Waals surface area contributed by atoms with Crippen molar-refractivity contribution in [2.75, 3.05) is 19.0 Å². The quantitative estimate of drug-likeness (QED) is 0.860. The van der Waals surface area contributed by atoms with E-state index in [-0.39, 0.29) is 12.5 Å². The van der Waals surface area contributed by atoms with Crippen molar-refractivity contribution in [1.82, 2.24) is 0 Å². The summed E-state index contributed by atoms with van der Waals surface area (Å²) >= 11 is 5.76. The fraction of sp³-hybridized carbons (Fsp3) is 0.125. The highest BCUT2D eigenvalue weighted by atomic mass is 35.5. The van der Waals surface area contributed by atoms with E-state index >= 15 is 0 Å². The molecule has 0 radical (unpaired) electrons.